The van der Waals surface area contributed by atoms with E-state index in [1.807, 2.05) is 0 Å². The number of aliphatic hydroxyl groups excluding tert-OH is 1. The Morgan fingerprint density at radius 1 is 1.24 bits per heavy atom. The van der Waals surface area contributed by atoms with Crippen LogP contribution in [0, 0.1) is 5.92 Å². The lowest BCUT2D eigenvalue weighted by Crippen LogP contribution is -2.36. The van der Waals surface area contributed by atoms with Gasteiger partial charge in [0.15, 0.2) is 0 Å². The molecular weight excluding hydrogens is 270 g/mol. The van der Waals surface area contributed by atoms with E-state index in [2.05, 4.69) is 13.8 Å². The number of carbonyl (C=O) groups is 1. The van der Waals surface area contributed by atoms with Crippen LogP contribution in [0.3, 0.4) is 0 Å². The van der Waals surface area contributed by atoms with Crippen LogP contribution >= 0.6 is 0 Å². The molecule has 1 aromatic rings. The number of benzene rings is 1. The molecule has 0 aliphatic carbocycles. The molecule has 118 valence electrons. The Hall–Kier alpha value is -1.59. The van der Waals surface area contributed by atoms with Gasteiger partial charge in [0.1, 0.15) is 5.75 Å². The van der Waals surface area contributed by atoms with Gasteiger partial charge in [0, 0.05) is 26.3 Å². The van der Waals surface area contributed by atoms with Crippen molar-refractivity contribution in [2.45, 2.75) is 20.0 Å². The van der Waals surface area contributed by atoms with Gasteiger partial charge in [-0.25, -0.2) is 0 Å². The lowest BCUT2D eigenvalue weighted by atomic mass is 10.2. The zero-order chi connectivity index (χ0) is 15.8. The predicted octanol–water partition coefficient (Wildman–Crippen LogP) is 1.80. The second-order valence-corrected chi connectivity index (χ2v) is 5.52. The van der Waals surface area contributed by atoms with E-state index in [0.29, 0.717) is 18.1 Å². The van der Waals surface area contributed by atoms with Crippen molar-refractivity contribution in [2.24, 2.45) is 5.92 Å². The molecule has 1 atom stereocenters. The topological polar surface area (TPSA) is 59.0 Å². The quantitative estimate of drug-likeness (QED) is 0.794. The van der Waals surface area contributed by atoms with Crippen LogP contribution < -0.4 is 4.74 Å². The van der Waals surface area contributed by atoms with Gasteiger partial charge in [-0.1, -0.05) is 13.8 Å². The lowest BCUT2D eigenvalue weighted by Gasteiger charge is -2.20. The van der Waals surface area contributed by atoms with Crippen LogP contribution in [0.4, 0.5) is 0 Å². The summed E-state index contributed by atoms with van der Waals surface area (Å²) in [6.45, 7) is 5.25. The molecule has 0 aliphatic heterocycles. The molecule has 0 saturated heterocycles. The minimum atomic E-state index is -0.683. The van der Waals surface area contributed by atoms with Crippen molar-refractivity contribution in [2.75, 3.05) is 33.9 Å². The third kappa shape index (κ3) is 6.14. The molecule has 0 aliphatic rings. The number of hydrogen-bond donors (Lipinski definition) is 1. The molecule has 0 spiro atoms. The van der Waals surface area contributed by atoms with Crippen LogP contribution in [0.25, 0.3) is 0 Å². The first-order valence-electron chi connectivity index (χ1n) is 7.09. The van der Waals surface area contributed by atoms with E-state index < -0.39 is 6.10 Å². The first kappa shape index (κ1) is 17.5. The molecule has 1 unspecified atom stereocenters. The van der Waals surface area contributed by atoms with Crippen molar-refractivity contribution in [3.63, 3.8) is 0 Å². The van der Waals surface area contributed by atoms with Crippen molar-refractivity contribution < 1.29 is 19.4 Å². The van der Waals surface area contributed by atoms with Crippen LogP contribution in [0.1, 0.15) is 24.2 Å². The highest BCUT2D eigenvalue weighted by Crippen LogP contribution is 2.14. The minimum Gasteiger partial charge on any atom is -0.493 e. The van der Waals surface area contributed by atoms with E-state index in [1.54, 1.807) is 31.3 Å². The minimum absolute atomic E-state index is 0.138. The number of nitrogens with zero attached hydrogens (tertiary/aromatic N) is 1. The summed E-state index contributed by atoms with van der Waals surface area (Å²) in [5.41, 5.74) is 0.569. The standard InChI is InChI=1S/C16H25NO4/c1-12(2)10-21-15-7-5-13(6-8-15)16(19)17(3)9-14(18)11-20-4/h5-8,12,14,18H,9-11H2,1-4H3. The summed E-state index contributed by atoms with van der Waals surface area (Å²) >= 11 is 0. The van der Waals surface area contributed by atoms with Crippen molar-refractivity contribution in [1.29, 1.82) is 0 Å². The van der Waals surface area contributed by atoms with Crippen LogP contribution in [-0.2, 0) is 4.74 Å². The van der Waals surface area contributed by atoms with Gasteiger partial charge < -0.3 is 19.5 Å². The fourth-order valence-corrected chi connectivity index (χ4v) is 1.82. The molecule has 5 heteroatoms. The Balaban J connectivity index is 2.57. The lowest BCUT2D eigenvalue weighted by molar-refractivity contribution is 0.0380. The summed E-state index contributed by atoms with van der Waals surface area (Å²) < 4.78 is 10.4. The summed E-state index contributed by atoms with van der Waals surface area (Å²) in [5, 5.41) is 9.64. The van der Waals surface area contributed by atoms with E-state index in [1.165, 1.54) is 12.0 Å². The number of amides is 1. The maximum atomic E-state index is 12.2. The molecule has 1 amide bonds. The first-order chi connectivity index (χ1) is 9.93. The zero-order valence-electron chi connectivity index (χ0n) is 13.2. The van der Waals surface area contributed by atoms with Gasteiger partial charge in [0.25, 0.3) is 5.91 Å². The molecule has 1 N–H and O–H groups in total. The zero-order valence-corrected chi connectivity index (χ0v) is 13.2. The van der Waals surface area contributed by atoms with E-state index >= 15 is 0 Å². The fraction of sp³-hybridized carbons (Fsp3) is 0.562. The maximum Gasteiger partial charge on any atom is 0.253 e. The maximum absolute atomic E-state index is 12.2. The van der Waals surface area contributed by atoms with Gasteiger partial charge in [0.05, 0.1) is 19.3 Å². The predicted molar refractivity (Wildman–Crippen MR) is 81.6 cm³/mol. The highest BCUT2D eigenvalue weighted by molar-refractivity contribution is 5.94. The Morgan fingerprint density at radius 3 is 2.38 bits per heavy atom. The van der Waals surface area contributed by atoms with Crippen molar-refractivity contribution >= 4 is 5.91 Å². The van der Waals surface area contributed by atoms with Crippen LogP contribution in [0.15, 0.2) is 24.3 Å². The van der Waals surface area contributed by atoms with Crippen molar-refractivity contribution in [3.05, 3.63) is 29.8 Å². The van der Waals surface area contributed by atoms with Gasteiger partial charge in [-0.3, -0.25) is 4.79 Å². The highest BCUT2D eigenvalue weighted by Gasteiger charge is 2.15. The molecule has 0 fully saturated rings. The monoisotopic (exact) mass is 295 g/mol. The molecule has 0 bridgehead atoms. The summed E-state index contributed by atoms with van der Waals surface area (Å²) in [6.07, 6.45) is -0.683. The molecule has 0 heterocycles. The van der Waals surface area contributed by atoms with Crippen molar-refractivity contribution in [3.8, 4) is 5.75 Å². The molecule has 0 radical (unpaired) electrons. The van der Waals surface area contributed by atoms with Crippen molar-refractivity contribution in [1.82, 2.24) is 4.90 Å². The summed E-state index contributed by atoms with van der Waals surface area (Å²) in [5.74, 6) is 1.07. The van der Waals surface area contributed by atoms with Gasteiger partial charge in [-0.15, -0.1) is 0 Å². The first-order valence-corrected chi connectivity index (χ1v) is 7.09. The Labute approximate surface area is 126 Å². The normalized spacial score (nSPS) is 12.3. The number of methoxy groups -OCH3 is 1. The van der Waals surface area contributed by atoms with Crippen LogP contribution in [-0.4, -0.2) is 55.9 Å². The Morgan fingerprint density at radius 2 is 1.86 bits per heavy atom. The van der Waals surface area contributed by atoms with Gasteiger partial charge in [-0.05, 0) is 30.2 Å². The second kappa shape index (κ2) is 8.64. The number of ether oxygens (including phenoxy) is 2. The summed E-state index contributed by atoms with van der Waals surface area (Å²) in [7, 11) is 3.17. The highest BCUT2D eigenvalue weighted by atomic mass is 16.5. The molecule has 0 saturated carbocycles. The SMILES string of the molecule is COCC(O)CN(C)C(=O)c1ccc(OCC(C)C)cc1. The van der Waals surface area contributed by atoms with Gasteiger partial charge >= 0.3 is 0 Å². The average molecular weight is 295 g/mol. The van der Waals surface area contributed by atoms with Crippen LogP contribution in [0.2, 0.25) is 0 Å². The summed E-state index contributed by atoms with van der Waals surface area (Å²) in [6, 6.07) is 7.04. The number of aliphatic hydroxyl groups is 1. The third-order valence-electron chi connectivity index (χ3n) is 2.87. The molecular formula is C16H25NO4. The molecule has 5 nitrogen and oxygen atoms in total. The molecule has 1 rings (SSSR count). The molecule has 21 heavy (non-hydrogen) atoms. The van der Waals surface area contributed by atoms with Gasteiger partial charge in [0.2, 0.25) is 0 Å². The third-order valence-corrected chi connectivity index (χ3v) is 2.87. The smallest absolute Gasteiger partial charge is 0.253 e. The van der Waals surface area contributed by atoms with E-state index in [9.17, 15) is 9.90 Å². The Bertz CT molecular complexity index is 430. The number of carbonyl (C=O) groups excluding carboxylic acids is 1. The van der Waals surface area contributed by atoms with Gasteiger partial charge in [-0.2, -0.15) is 0 Å². The van der Waals surface area contributed by atoms with E-state index in [0.717, 1.165) is 5.75 Å². The van der Waals surface area contributed by atoms with E-state index in [4.69, 9.17) is 9.47 Å². The van der Waals surface area contributed by atoms with E-state index in [-0.39, 0.29) is 19.1 Å². The summed E-state index contributed by atoms with van der Waals surface area (Å²) in [4.78, 5) is 13.7. The molecule has 0 aromatic heterocycles. The van der Waals surface area contributed by atoms with Crippen LogP contribution in [0.5, 0.6) is 5.75 Å². The number of hydrogen-bond acceptors (Lipinski definition) is 4. The Kier molecular flexibility index (Phi) is 7.19. The second-order valence-electron chi connectivity index (χ2n) is 5.52. The fourth-order valence-electron chi connectivity index (χ4n) is 1.82. The largest absolute Gasteiger partial charge is 0.493 e. The number of likely N-dealkylation sites (N-methyl/N-ethyl adjacent to an activating group) is 1. The molecule has 1 aromatic carbocycles. The number of rotatable bonds is 8. The average Bonchev–Trinajstić information content (AvgIpc) is 2.45.